The monoisotopic (exact) mass is 405 g/mol. The van der Waals surface area contributed by atoms with Crippen LogP contribution in [0.25, 0.3) is 0 Å². The van der Waals surface area contributed by atoms with E-state index in [1.165, 1.54) is 0 Å². The molecule has 0 aromatic heterocycles. The first-order chi connectivity index (χ1) is 13.8. The van der Waals surface area contributed by atoms with Gasteiger partial charge in [0.2, 0.25) is 5.91 Å². The fourth-order valence-electron chi connectivity index (χ4n) is 4.36. The van der Waals surface area contributed by atoms with Gasteiger partial charge in [-0.25, -0.2) is 4.79 Å². The highest BCUT2D eigenvalue weighted by molar-refractivity contribution is 5.80. The number of amides is 2. The summed E-state index contributed by atoms with van der Waals surface area (Å²) in [4.78, 5) is 31.1. The third-order valence-electron chi connectivity index (χ3n) is 6.10. The first kappa shape index (κ1) is 21.9. The van der Waals surface area contributed by atoms with E-state index in [0.717, 1.165) is 38.8 Å². The van der Waals surface area contributed by atoms with Gasteiger partial charge in [-0.1, -0.05) is 5.92 Å². The van der Waals surface area contributed by atoms with Crippen molar-refractivity contribution < 1.29 is 19.1 Å². The number of rotatable bonds is 4. The second-order valence-electron chi connectivity index (χ2n) is 9.37. The Morgan fingerprint density at radius 3 is 2.14 bits per heavy atom. The Morgan fingerprint density at radius 2 is 1.59 bits per heavy atom. The molecule has 0 aromatic carbocycles. The van der Waals surface area contributed by atoms with Crippen molar-refractivity contribution in [2.45, 2.75) is 64.2 Å². The largest absolute Gasteiger partial charge is 0.444 e. The Morgan fingerprint density at radius 1 is 1.00 bits per heavy atom. The van der Waals surface area contributed by atoms with Gasteiger partial charge >= 0.3 is 6.09 Å². The fourth-order valence-corrected chi connectivity index (χ4v) is 4.36. The lowest BCUT2D eigenvalue weighted by Gasteiger charge is -2.46. The second kappa shape index (κ2) is 9.36. The lowest BCUT2D eigenvalue weighted by molar-refractivity contribution is -0.143. The van der Waals surface area contributed by atoms with Crippen LogP contribution in [0, 0.1) is 18.3 Å². The Balaban J connectivity index is 1.35. The van der Waals surface area contributed by atoms with Crippen LogP contribution in [-0.4, -0.2) is 90.3 Å². The Hall–Kier alpha value is -1.78. The van der Waals surface area contributed by atoms with Crippen molar-refractivity contribution >= 4 is 12.0 Å². The van der Waals surface area contributed by atoms with Crippen LogP contribution in [0.5, 0.6) is 0 Å². The molecule has 3 aliphatic rings. The number of hydrogen-bond acceptors (Lipinski definition) is 5. The smallest absolute Gasteiger partial charge is 0.410 e. The van der Waals surface area contributed by atoms with Gasteiger partial charge in [0.15, 0.2) is 0 Å². The van der Waals surface area contributed by atoms with Crippen LogP contribution in [0.4, 0.5) is 4.79 Å². The first-order valence-corrected chi connectivity index (χ1v) is 10.8. The molecule has 3 fully saturated rings. The summed E-state index contributed by atoms with van der Waals surface area (Å²) in [5.74, 6) is 2.91. The SMILES string of the molecule is C#CCOC1CCN([C@H]2C[C@@H](C(=O)N3CCN(C(=O)OC(C)(C)C)CC3)C2)CC1. The van der Waals surface area contributed by atoms with Gasteiger partial charge in [0.05, 0.1) is 6.10 Å². The molecular weight excluding hydrogens is 370 g/mol. The van der Waals surface area contributed by atoms with E-state index in [9.17, 15) is 9.59 Å². The van der Waals surface area contributed by atoms with Crippen LogP contribution >= 0.6 is 0 Å². The van der Waals surface area contributed by atoms with E-state index in [-0.39, 0.29) is 24.0 Å². The summed E-state index contributed by atoms with van der Waals surface area (Å²) in [5.41, 5.74) is -0.493. The maximum atomic E-state index is 12.8. The molecule has 29 heavy (non-hydrogen) atoms. The lowest BCUT2D eigenvalue weighted by Crippen LogP contribution is -2.56. The van der Waals surface area contributed by atoms with Gasteiger partial charge in [-0.2, -0.15) is 0 Å². The molecule has 0 atom stereocenters. The normalized spacial score (nSPS) is 26.6. The first-order valence-electron chi connectivity index (χ1n) is 10.8. The summed E-state index contributed by atoms with van der Waals surface area (Å²) >= 11 is 0. The van der Waals surface area contributed by atoms with Gasteiger partial charge in [0, 0.05) is 51.2 Å². The molecule has 0 aromatic rings. The number of carbonyl (C=O) groups excluding carboxylic acids is 2. The van der Waals surface area contributed by atoms with E-state index < -0.39 is 5.60 Å². The second-order valence-corrected chi connectivity index (χ2v) is 9.37. The van der Waals surface area contributed by atoms with E-state index in [0.29, 0.717) is 38.8 Å². The molecule has 2 heterocycles. The Labute approximate surface area is 174 Å². The van der Waals surface area contributed by atoms with Gasteiger partial charge < -0.3 is 24.2 Å². The highest BCUT2D eigenvalue weighted by Gasteiger charge is 2.41. The summed E-state index contributed by atoms with van der Waals surface area (Å²) < 4.78 is 11.1. The maximum absolute atomic E-state index is 12.8. The number of hydrogen-bond donors (Lipinski definition) is 0. The lowest BCUT2D eigenvalue weighted by atomic mass is 9.77. The van der Waals surface area contributed by atoms with Crippen LogP contribution < -0.4 is 0 Å². The van der Waals surface area contributed by atoms with E-state index in [2.05, 4.69) is 10.8 Å². The number of likely N-dealkylation sites (tertiary alicyclic amines) is 1. The molecule has 7 heteroatoms. The quantitative estimate of drug-likeness (QED) is 0.669. The van der Waals surface area contributed by atoms with Crippen molar-refractivity contribution in [3.8, 4) is 12.3 Å². The van der Waals surface area contributed by atoms with Crippen LogP contribution in [0.15, 0.2) is 0 Å². The minimum atomic E-state index is -0.493. The number of ether oxygens (including phenoxy) is 2. The van der Waals surface area contributed by atoms with E-state index >= 15 is 0 Å². The summed E-state index contributed by atoms with van der Waals surface area (Å²) in [5, 5.41) is 0. The molecule has 162 valence electrons. The number of carbonyl (C=O) groups is 2. The molecule has 0 N–H and O–H groups in total. The third kappa shape index (κ3) is 5.86. The van der Waals surface area contributed by atoms with Crippen molar-refractivity contribution in [3.63, 3.8) is 0 Å². The van der Waals surface area contributed by atoms with Crippen LogP contribution in [0.1, 0.15) is 46.5 Å². The molecule has 1 saturated carbocycles. The van der Waals surface area contributed by atoms with E-state index in [4.69, 9.17) is 15.9 Å². The van der Waals surface area contributed by atoms with E-state index in [1.54, 1.807) is 4.90 Å². The van der Waals surface area contributed by atoms with Crippen LogP contribution in [0.2, 0.25) is 0 Å². The summed E-state index contributed by atoms with van der Waals surface area (Å²) in [7, 11) is 0. The summed E-state index contributed by atoms with van der Waals surface area (Å²) in [6, 6.07) is 0.514. The standard InChI is InChI=1S/C22H35N3O4/c1-5-14-28-19-6-8-23(9-7-19)18-15-17(16-18)20(26)24-10-12-25(13-11-24)21(27)29-22(2,3)4/h1,17-19H,6-16H2,2-4H3/t17-,18+. The van der Waals surface area contributed by atoms with Crippen molar-refractivity contribution in [1.29, 1.82) is 0 Å². The van der Waals surface area contributed by atoms with Crippen molar-refractivity contribution in [3.05, 3.63) is 0 Å². The Kier molecular flexibility index (Phi) is 7.07. The van der Waals surface area contributed by atoms with Crippen LogP contribution in [0.3, 0.4) is 0 Å². The summed E-state index contributed by atoms with van der Waals surface area (Å²) in [6.07, 6.45) is 9.17. The topological polar surface area (TPSA) is 62.3 Å². The van der Waals surface area contributed by atoms with E-state index in [1.807, 2.05) is 25.7 Å². The summed E-state index contributed by atoms with van der Waals surface area (Å²) in [6.45, 7) is 10.3. The van der Waals surface area contributed by atoms with Crippen molar-refractivity contribution in [2.24, 2.45) is 5.92 Å². The number of nitrogens with zero attached hydrogens (tertiary/aromatic N) is 3. The average Bonchev–Trinajstić information content (AvgIpc) is 2.65. The number of piperazine rings is 1. The zero-order valence-corrected chi connectivity index (χ0v) is 18.1. The number of terminal acetylenes is 1. The van der Waals surface area contributed by atoms with Gasteiger partial charge in [0.1, 0.15) is 12.2 Å². The minimum absolute atomic E-state index is 0.128. The van der Waals surface area contributed by atoms with Crippen LogP contribution in [-0.2, 0) is 14.3 Å². The maximum Gasteiger partial charge on any atom is 0.410 e. The highest BCUT2D eigenvalue weighted by atomic mass is 16.6. The molecule has 2 amide bonds. The molecule has 1 aliphatic carbocycles. The third-order valence-corrected chi connectivity index (χ3v) is 6.10. The van der Waals surface area contributed by atoms with Crippen molar-refractivity contribution in [1.82, 2.24) is 14.7 Å². The molecule has 0 bridgehead atoms. The zero-order valence-electron chi connectivity index (χ0n) is 18.1. The Bertz CT molecular complexity index is 617. The molecular formula is C22H35N3O4. The average molecular weight is 406 g/mol. The molecule has 3 rings (SSSR count). The molecule has 7 nitrogen and oxygen atoms in total. The minimum Gasteiger partial charge on any atom is -0.444 e. The highest BCUT2D eigenvalue weighted by Crippen LogP contribution is 2.35. The molecule has 0 radical (unpaired) electrons. The zero-order chi connectivity index (χ0) is 21.0. The van der Waals surface area contributed by atoms with Gasteiger partial charge in [-0.3, -0.25) is 4.79 Å². The predicted octanol–water partition coefficient (Wildman–Crippen LogP) is 1.96. The molecule has 0 spiro atoms. The molecule has 2 aliphatic heterocycles. The fraction of sp³-hybridized carbons (Fsp3) is 0.818. The molecule has 2 saturated heterocycles. The van der Waals surface area contributed by atoms with Gasteiger partial charge in [-0.15, -0.1) is 6.42 Å². The van der Waals surface area contributed by atoms with Crippen molar-refractivity contribution in [2.75, 3.05) is 45.9 Å². The molecule has 0 unspecified atom stereocenters. The van der Waals surface area contributed by atoms with Gasteiger partial charge in [-0.05, 0) is 46.5 Å². The van der Waals surface area contributed by atoms with Gasteiger partial charge in [0.25, 0.3) is 0 Å². The number of piperidine rings is 1. The predicted molar refractivity (Wildman–Crippen MR) is 110 cm³/mol.